The molecule has 1 N–H and O–H groups in total. The highest BCUT2D eigenvalue weighted by Crippen LogP contribution is 2.12. The average Bonchev–Trinajstić information content (AvgIpc) is 1.80. The third-order valence-corrected chi connectivity index (χ3v) is 1.56. The molecule has 9 heavy (non-hydrogen) atoms. The van der Waals surface area contributed by atoms with Gasteiger partial charge in [-0.25, -0.2) is 0 Å². The Kier molecular flexibility index (Phi) is 1.67. The van der Waals surface area contributed by atoms with Crippen LogP contribution in [0, 0.1) is 0 Å². The van der Waals surface area contributed by atoms with Crippen LogP contribution >= 0.6 is 11.6 Å². The molecule has 0 saturated heterocycles. The molecule has 0 amide bonds. The predicted octanol–water partition coefficient (Wildman–Crippen LogP) is 0.304. The molecule has 0 radical (unpaired) electrons. The monoisotopic (exact) mass is 140 g/mol. The van der Waals surface area contributed by atoms with Crippen LogP contribution in [0.3, 0.4) is 0 Å². The number of rotatable bonds is 0. The third kappa shape index (κ3) is 1.39. The van der Waals surface area contributed by atoms with Crippen LogP contribution in [-0.2, 0) is 0 Å². The van der Waals surface area contributed by atoms with Crippen molar-refractivity contribution in [3.63, 3.8) is 0 Å². The zero-order valence-electron chi connectivity index (χ0n) is 5.06. The topological polar surface area (TPSA) is 20.2 Å². The van der Waals surface area contributed by atoms with E-state index in [1.807, 2.05) is 7.85 Å². The van der Waals surface area contributed by atoms with Crippen molar-refractivity contribution in [1.82, 2.24) is 0 Å². The maximum atomic E-state index is 8.85. The summed E-state index contributed by atoms with van der Waals surface area (Å²) in [7, 11) is 1.89. The van der Waals surface area contributed by atoms with Gasteiger partial charge in [0, 0.05) is 5.02 Å². The molecular weight excluding hydrogens is 134 g/mol. The van der Waals surface area contributed by atoms with E-state index in [4.69, 9.17) is 16.7 Å². The van der Waals surface area contributed by atoms with Crippen LogP contribution in [0.1, 0.15) is 0 Å². The number of hydrogen-bond acceptors (Lipinski definition) is 1. The van der Waals surface area contributed by atoms with Crippen molar-refractivity contribution in [2.45, 2.75) is 0 Å². The lowest BCUT2D eigenvalue weighted by Gasteiger charge is -1.95. The third-order valence-electron chi connectivity index (χ3n) is 1.16. The van der Waals surface area contributed by atoms with Gasteiger partial charge in [-0.1, -0.05) is 23.1 Å². The van der Waals surface area contributed by atoms with Gasteiger partial charge in [0.05, 0.1) is 0 Å². The van der Waals surface area contributed by atoms with Crippen molar-refractivity contribution in [3.05, 3.63) is 23.2 Å². The van der Waals surface area contributed by atoms with E-state index in [9.17, 15) is 0 Å². The molecule has 0 unspecified atom stereocenters. The second-order valence-electron chi connectivity index (χ2n) is 1.93. The summed E-state index contributed by atoms with van der Waals surface area (Å²) in [5.74, 6) is 0.214. The molecular formula is C6H6BClO. The minimum absolute atomic E-state index is 0.214. The summed E-state index contributed by atoms with van der Waals surface area (Å²) in [5, 5.41) is 9.46. The smallest absolute Gasteiger partial charge is 0.141 e. The molecule has 46 valence electrons. The minimum Gasteiger partial charge on any atom is -0.508 e. The average molecular weight is 140 g/mol. The van der Waals surface area contributed by atoms with Crippen LogP contribution in [0.2, 0.25) is 5.02 Å². The number of benzene rings is 1. The van der Waals surface area contributed by atoms with Crippen LogP contribution in [0.5, 0.6) is 5.75 Å². The van der Waals surface area contributed by atoms with E-state index in [1.165, 1.54) is 6.07 Å². The van der Waals surface area contributed by atoms with Gasteiger partial charge in [-0.3, -0.25) is 0 Å². The first-order valence-electron chi connectivity index (χ1n) is 2.65. The van der Waals surface area contributed by atoms with E-state index in [1.54, 1.807) is 12.1 Å². The van der Waals surface area contributed by atoms with Gasteiger partial charge in [0.15, 0.2) is 0 Å². The highest BCUT2D eigenvalue weighted by molar-refractivity contribution is 6.45. The summed E-state index contributed by atoms with van der Waals surface area (Å²) in [5.41, 5.74) is 0.981. The molecule has 1 aromatic rings. The molecule has 0 aliphatic carbocycles. The molecule has 0 aromatic heterocycles. The van der Waals surface area contributed by atoms with Gasteiger partial charge in [-0.2, -0.15) is 0 Å². The molecule has 1 nitrogen and oxygen atoms in total. The summed E-state index contributed by atoms with van der Waals surface area (Å²) < 4.78 is 0. The lowest BCUT2D eigenvalue weighted by atomic mass is 9.96. The second-order valence-corrected chi connectivity index (χ2v) is 2.34. The van der Waals surface area contributed by atoms with Gasteiger partial charge >= 0.3 is 0 Å². The Balaban J connectivity index is 3.17. The van der Waals surface area contributed by atoms with Gasteiger partial charge in [-0.05, 0) is 12.1 Å². The van der Waals surface area contributed by atoms with Crippen LogP contribution in [0.15, 0.2) is 18.2 Å². The number of halogens is 1. The molecule has 0 aliphatic rings. The quantitative estimate of drug-likeness (QED) is 0.514. The highest BCUT2D eigenvalue weighted by Gasteiger charge is 1.93. The second kappa shape index (κ2) is 2.32. The zero-order valence-corrected chi connectivity index (χ0v) is 5.81. The lowest BCUT2D eigenvalue weighted by molar-refractivity contribution is 0.475. The van der Waals surface area contributed by atoms with E-state index in [2.05, 4.69) is 0 Å². The van der Waals surface area contributed by atoms with E-state index in [-0.39, 0.29) is 5.75 Å². The minimum atomic E-state index is 0.214. The molecule has 0 saturated carbocycles. The van der Waals surface area contributed by atoms with Gasteiger partial charge in [0.1, 0.15) is 13.6 Å². The Hall–Kier alpha value is -0.625. The summed E-state index contributed by atoms with van der Waals surface area (Å²) in [6, 6.07) is 4.91. The molecule has 0 atom stereocenters. The lowest BCUT2D eigenvalue weighted by Crippen LogP contribution is -2.01. The maximum absolute atomic E-state index is 8.85. The first-order chi connectivity index (χ1) is 4.20. The molecule has 0 spiro atoms. The Morgan fingerprint density at radius 2 is 2.11 bits per heavy atom. The van der Waals surface area contributed by atoms with Crippen LogP contribution in [0.4, 0.5) is 0 Å². The van der Waals surface area contributed by atoms with E-state index < -0.39 is 0 Å². The maximum Gasteiger partial charge on any atom is 0.141 e. The van der Waals surface area contributed by atoms with Crippen molar-refractivity contribution in [2.75, 3.05) is 0 Å². The van der Waals surface area contributed by atoms with E-state index in [0.717, 1.165) is 5.46 Å². The highest BCUT2D eigenvalue weighted by atomic mass is 35.5. The van der Waals surface area contributed by atoms with Crippen molar-refractivity contribution >= 4 is 24.9 Å². The molecule has 0 bridgehead atoms. The van der Waals surface area contributed by atoms with Crippen molar-refractivity contribution in [2.24, 2.45) is 0 Å². The van der Waals surface area contributed by atoms with E-state index >= 15 is 0 Å². The summed E-state index contributed by atoms with van der Waals surface area (Å²) in [4.78, 5) is 0. The Morgan fingerprint density at radius 1 is 1.44 bits per heavy atom. The molecule has 0 fully saturated rings. The van der Waals surface area contributed by atoms with Gasteiger partial charge < -0.3 is 5.11 Å². The number of aromatic hydroxyl groups is 1. The standard InChI is InChI=1S/C6H6BClO/c7-5-2-1-4(9)3-6(5)8/h1-3,9H,7H2. The molecule has 0 heterocycles. The van der Waals surface area contributed by atoms with Gasteiger partial charge in [-0.15, -0.1) is 0 Å². The first-order valence-corrected chi connectivity index (χ1v) is 3.03. The number of phenols is 1. The molecule has 1 aromatic carbocycles. The van der Waals surface area contributed by atoms with E-state index in [0.29, 0.717) is 5.02 Å². The van der Waals surface area contributed by atoms with Crippen LogP contribution in [0.25, 0.3) is 0 Å². The van der Waals surface area contributed by atoms with Crippen LogP contribution < -0.4 is 5.46 Å². The van der Waals surface area contributed by atoms with Crippen LogP contribution in [-0.4, -0.2) is 13.0 Å². The predicted molar refractivity (Wildman–Crippen MR) is 41.3 cm³/mol. The normalized spacial score (nSPS) is 9.44. The fourth-order valence-electron chi connectivity index (χ4n) is 0.582. The number of phenolic OH excluding ortho intramolecular Hbond substituents is 1. The number of hydrogen-bond donors (Lipinski definition) is 1. The zero-order chi connectivity index (χ0) is 6.85. The van der Waals surface area contributed by atoms with Gasteiger partial charge in [0.25, 0.3) is 0 Å². The van der Waals surface area contributed by atoms with Crippen molar-refractivity contribution in [1.29, 1.82) is 0 Å². The Bertz CT molecular complexity index is 224. The fraction of sp³-hybridized carbons (Fsp3) is 0. The fourth-order valence-corrected chi connectivity index (χ4v) is 0.757. The Morgan fingerprint density at radius 3 is 2.56 bits per heavy atom. The summed E-state index contributed by atoms with van der Waals surface area (Å²) >= 11 is 5.65. The van der Waals surface area contributed by atoms with Crippen molar-refractivity contribution in [3.8, 4) is 5.75 Å². The molecule has 0 aliphatic heterocycles. The molecule has 1 rings (SSSR count). The molecule has 3 heteroatoms. The first kappa shape index (κ1) is 6.49. The van der Waals surface area contributed by atoms with Gasteiger partial charge in [0.2, 0.25) is 0 Å². The SMILES string of the molecule is Bc1ccc(O)cc1Cl. The summed E-state index contributed by atoms with van der Waals surface area (Å²) in [6.07, 6.45) is 0. The largest absolute Gasteiger partial charge is 0.508 e. The van der Waals surface area contributed by atoms with Crippen molar-refractivity contribution < 1.29 is 5.11 Å². The summed E-state index contributed by atoms with van der Waals surface area (Å²) in [6.45, 7) is 0. The Labute approximate surface area is 59.7 Å².